The van der Waals surface area contributed by atoms with Crippen molar-refractivity contribution in [1.82, 2.24) is 10.2 Å². The third-order valence-electron chi connectivity index (χ3n) is 4.61. The van der Waals surface area contributed by atoms with Gasteiger partial charge in [-0.2, -0.15) is 0 Å². The summed E-state index contributed by atoms with van der Waals surface area (Å²) in [7, 11) is 0. The molecule has 1 aromatic carbocycles. The number of benzene rings is 1. The molecule has 5 nitrogen and oxygen atoms in total. The number of nitrogens with one attached hydrogen (secondary N) is 1. The van der Waals surface area contributed by atoms with Crippen LogP contribution in [0.15, 0.2) is 24.3 Å². The highest BCUT2D eigenvalue weighted by atomic mass is 16.3. The molecule has 1 saturated carbocycles. The van der Waals surface area contributed by atoms with E-state index in [2.05, 4.69) is 5.32 Å². The molecule has 0 bridgehead atoms. The second-order valence-corrected chi connectivity index (χ2v) is 5.96. The summed E-state index contributed by atoms with van der Waals surface area (Å²) in [6, 6.07) is 6.48. The Balaban J connectivity index is 1.88. The topological polar surface area (TPSA) is 69.6 Å². The summed E-state index contributed by atoms with van der Waals surface area (Å²) < 4.78 is 0. The molecular weight excluding hydrogens is 268 g/mol. The first-order valence-corrected chi connectivity index (χ1v) is 7.53. The normalized spacial score (nSPS) is 21.4. The average Bonchev–Trinajstić information content (AvgIpc) is 2.65. The monoisotopic (exact) mass is 288 g/mol. The van der Waals surface area contributed by atoms with E-state index in [4.69, 9.17) is 0 Å². The highest BCUT2D eigenvalue weighted by Crippen LogP contribution is 2.37. The van der Waals surface area contributed by atoms with Gasteiger partial charge in [0.05, 0.1) is 0 Å². The van der Waals surface area contributed by atoms with Crippen molar-refractivity contribution < 1.29 is 14.7 Å². The lowest BCUT2D eigenvalue weighted by Gasteiger charge is -2.34. The fourth-order valence-electron chi connectivity index (χ4n) is 3.42. The van der Waals surface area contributed by atoms with E-state index in [0.717, 1.165) is 44.1 Å². The number of hydrogen-bond donors (Lipinski definition) is 2. The molecule has 21 heavy (non-hydrogen) atoms. The standard InChI is InChI=1S/C16H20N2O3/c19-13-7-5-12(6-8-13)11-18-15(21)17-14(20)16(18)9-3-1-2-4-10-16/h5-8,19H,1-4,9-11H2,(H,17,20,21). The molecule has 0 aromatic heterocycles. The van der Waals surface area contributed by atoms with Crippen molar-refractivity contribution in [2.75, 3.05) is 0 Å². The van der Waals surface area contributed by atoms with E-state index in [1.165, 1.54) is 0 Å². The Labute approximate surface area is 123 Å². The zero-order chi connectivity index (χ0) is 14.9. The van der Waals surface area contributed by atoms with Crippen LogP contribution in [0, 0.1) is 0 Å². The summed E-state index contributed by atoms with van der Waals surface area (Å²) >= 11 is 0. The number of urea groups is 1. The van der Waals surface area contributed by atoms with Gasteiger partial charge in [-0.25, -0.2) is 4.79 Å². The molecule has 2 N–H and O–H groups in total. The lowest BCUT2D eigenvalue weighted by atomic mass is 9.88. The lowest BCUT2D eigenvalue weighted by molar-refractivity contribution is -0.127. The van der Waals surface area contributed by atoms with E-state index in [0.29, 0.717) is 6.54 Å². The van der Waals surface area contributed by atoms with E-state index < -0.39 is 5.54 Å². The van der Waals surface area contributed by atoms with Gasteiger partial charge in [0.2, 0.25) is 0 Å². The van der Waals surface area contributed by atoms with Gasteiger partial charge in [0.1, 0.15) is 11.3 Å². The minimum Gasteiger partial charge on any atom is -0.508 e. The van der Waals surface area contributed by atoms with Gasteiger partial charge < -0.3 is 10.0 Å². The SMILES string of the molecule is O=C1NC(=O)C2(CCCCCC2)N1Cc1ccc(O)cc1. The molecule has 0 atom stereocenters. The molecule has 1 aliphatic heterocycles. The molecular formula is C16H20N2O3. The van der Waals surface area contributed by atoms with Crippen molar-refractivity contribution in [3.8, 4) is 5.75 Å². The molecule has 0 radical (unpaired) electrons. The quantitative estimate of drug-likeness (QED) is 0.822. The van der Waals surface area contributed by atoms with Crippen molar-refractivity contribution in [3.63, 3.8) is 0 Å². The van der Waals surface area contributed by atoms with Crippen LogP contribution in [0.2, 0.25) is 0 Å². The summed E-state index contributed by atoms with van der Waals surface area (Å²) in [5.74, 6) is 0.0538. The Morgan fingerprint density at radius 1 is 1.05 bits per heavy atom. The number of hydrogen-bond acceptors (Lipinski definition) is 3. The lowest BCUT2D eigenvalue weighted by Crippen LogP contribution is -2.48. The molecule has 3 rings (SSSR count). The second-order valence-electron chi connectivity index (χ2n) is 5.96. The van der Waals surface area contributed by atoms with E-state index in [1.807, 2.05) is 0 Å². The second kappa shape index (κ2) is 5.39. The number of imide groups is 1. The van der Waals surface area contributed by atoms with Crippen molar-refractivity contribution in [3.05, 3.63) is 29.8 Å². The van der Waals surface area contributed by atoms with Gasteiger partial charge in [0.25, 0.3) is 5.91 Å². The van der Waals surface area contributed by atoms with Crippen molar-refractivity contribution >= 4 is 11.9 Å². The van der Waals surface area contributed by atoms with E-state index in [-0.39, 0.29) is 17.7 Å². The number of carbonyl (C=O) groups excluding carboxylic acids is 2. The summed E-state index contributed by atoms with van der Waals surface area (Å²) in [6.07, 6.45) is 5.68. The minimum atomic E-state index is -0.675. The third-order valence-corrected chi connectivity index (χ3v) is 4.61. The number of phenols is 1. The van der Waals surface area contributed by atoms with Gasteiger partial charge in [0.15, 0.2) is 0 Å². The average molecular weight is 288 g/mol. The van der Waals surface area contributed by atoms with Crippen LogP contribution in [0.4, 0.5) is 4.79 Å². The molecule has 1 spiro atoms. The number of nitrogens with zero attached hydrogens (tertiary/aromatic N) is 1. The highest BCUT2D eigenvalue weighted by molar-refractivity contribution is 6.07. The third kappa shape index (κ3) is 2.48. The maximum Gasteiger partial charge on any atom is 0.325 e. The van der Waals surface area contributed by atoms with Crippen molar-refractivity contribution in [2.24, 2.45) is 0 Å². The first kappa shape index (κ1) is 13.9. The molecule has 2 aliphatic rings. The van der Waals surface area contributed by atoms with Gasteiger partial charge in [-0.1, -0.05) is 37.8 Å². The van der Waals surface area contributed by atoms with Crippen LogP contribution in [0.1, 0.15) is 44.1 Å². The molecule has 112 valence electrons. The van der Waals surface area contributed by atoms with Crippen LogP contribution < -0.4 is 5.32 Å². The van der Waals surface area contributed by atoms with Gasteiger partial charge >= 0.3 is 6.03 Å². The maximum atomic E-state index is 12.4. The molecule has 5 heteroatoms. The Kier molecular flexibility index (Phi) is 3.57. The van der Waals surface area contributed by atoms with Gasteiger partial charge in [0, 0.05) is 6.54 Å². The van der Waals surface area contributed by atoms with Crippen LogP contribution in [0.5, 0.6) is 5.75 Å². The zero-order valence-corrected chi connectivity index (χ0v) is 12.0. The van der Waals surface area contributed by atoms with E-state index in [1.54, 1.807) is 29.2 Å². The molecule has 1 heterocycles. The van der Waals surface area contributed by atoms with E-state index >= 15 is 0 Å². The molecule has 0 unspecified atom stereocenters. The van der Waals surface area contributed by atoms with Gasteiger partial charge in [-0.3, -0.25) is 10.1 Å². The van der Waals surface area contributed by atoms with Crippen LogP contribution in [0.3, 0.4) is 0 Å². The fourth-order valence-corrected chi connectivity index (χ4v) is 3.42. The number of aromatic hydroxyl groups is 1. The summed E-state index contributed by atoms with van der Waals surface area (Å²) in [6.45, 7) is 0.401. The van der Waals surface area contributed by atoms with Crippen molar-refractivity contribution in [2.45, 2.75) is 50.6 Å². The predicted octanol–water partition coefficient (Wildman–Crippen LogP) is 2.54. The number of phenolic OH excluding ortho intramolecular Hbond substituents is 1. The first-order chi connectivity index (χ1) is 10.1. The summed E-state index contributed by atoms with van der Waals surface area (Å²) in [4.78, 5) is 26.2. The molecule has 3 amide bonds. The molecule has 1 aliphatic carbocycles. The van der Waals surface area contributed by atoms with Crippen molar-refractivity contribution in [1.29, 1.82) is 0 Å². The minimum absolute atomic E-state index is 0.145. The molecule has 1 saturated heterocycles. The largest absolute Gasteiger partial charge is 0.508 e. The van der Waals surface area contributed by atoms with Crippen LogP contribution in [-0.2, 0) is 11.3 Å². The maximum absolute atomic E-state index is 12.4. The number of amides is 3. The van der Waals surface area contributed by atoms with Gasteiger partial charge in [-0.05, 0) is 30.5 Å². The van der Waals surface area contributed by atoms with Crippen LogP contribution >= 0.6 is 0 Å². The summed E-state index contributed by atoms with van der Waals surface area (Å²) in [5.41, 5.74) is 0.243. The number of rotatable bonds is 2. The van der Waals surface area contributed by atoms with Crippen LogP contribution in [-0.4, -0.2) is 27.5 Å². The Bertz CT molecular complexity index is 545. The molecule has 1 aromatic rings. The van der Waals surface area contributed by atoms with E-state index in [9.17, 15) is 14.7 Å². The smallest absolute Gasteiger partial charge is 0.325 e. The highest BCUT2D eigenvalue weighted by Gasteiger charge is 2.52. The summed E-state index contributed by atoms with van der Waals surface area (Å²) in [5, 5.41) is 11.8. The first-order valence-electron chi connectivity index (χ1n) is 7.53. The molecule has 2 fully saturated rings. The fraction of sp³-hybridized carbons (Fsp3) is 0.500. The van der Waals surface area contributed by atoms with Crippen LogP contribution in [0.25, 0.3) is 0 Å². The Hall–Kier alpha value is -2.04. The number of carbonyl (C=O) groups is 2. The zero-order valence-electron chi connectivity index (χ0n) is 12.0. The Morgan fingerprint density at radius 2 is 1.67 bits per heavy atom. The predicted molar refractivity (Wildman–Crippen MR) is 77.6 cm³/mol. The Morgan fingerprint density at radius 3 is 2.29 bits per heavy atom. The van der Waals surface area contributed by atoms with Gasteiger partial charge in [-0.15, -0.1) is 0 Å².